The van der Waals surface area contributed by atoms with Crippen LogP contribution in [0.25, 0.3) is 0 Å². The highest BCUT2D eigenvalue weighted by Gasteiger charge is 2.28. The van der Waals surface area contributed by atoms with E-state index >= 15 is 0 Å². The van der Waals surface area contributed by atoms with E-state index in [0.717, 1.165) is 0 Å². The zero-order chi connectivity index (χ0) is 19.3. The molecule has 2 N–H and O–H groups in total. The van der Waals surface area contributed by atoms with Gasteiger partial charge in [0.25, 0.3) is 11.8 Å². The summed E-state index contributed by atoms with van der Waals surface area (Å²) in [5, 5.41) is 15.3. The first-order chi connectivity index (χ1) is 12.3. The molecule has 0 atom stereocenters. The van der Waals surface area contributed by atoms with E-state index in [1.807, 2.05) is 0 Å². The standard InChI is InChI=1S/C16H12F3N3O4/c17-12-10(8-11(22(25)26)13(18)14(12)19)16(24)21-7-6-20-15(23)9-4-2-1-3-5-9/h1-5,8H,6-7H2,(H,20,23)(H,21,24). The van der Waals surface area contributed by atoms with E-state index in [4.69, 9.17) is 0 Å². The van der Waals surface area contributed by atoms with Crippen LogP contribution in [-0.2, 0) is 0 Å². The fraction of sp³-hybridized carbons (Fsp3) is 0.125. The van der Waals surface area contributed by atoms with Crippen LogP contribution in [0.3, 0.4) is 0 Å². The van der Waals surface area contributed by atoms with Gasteiger partial charge in [-0.2, -0.15) is 4.39 Å². The Bertz CT molecular complexity index is 860. The second kappa shape index (κ2) is 8.10. The van der Waals surface area contributed by atoms with Crippen molar-refractivity contribution < 1.29 is 27.7 Å². The second-order valence-corrected chi connectivity index (χ2v) is 5.02. The SMILES string of the molecule is O=C(NCCNC(=O)c1cc([N+](=O)[O-])c(F)c(F)c1F)c1ccccc1. The lowest BCUT2D eigenvalue weighted by Crippen LogP contribution is -2.35. The normalized spacial score (nSPS) is 10.3. The van der Waals surface area contributed by atoms with E-state index in [2.05, 4.69) is 10.6 Å². The Labute approximate surface area is 145 Å². The largest absolute Gasteiger partial charge is 0.350 e. The molecule has 10 heteroatoms. The summed E-state index contributed by atoms with van der Waals surface area (Å²) >= 11 is 0. The van der Waals surface area contributed by atoms with Crippen molar-refractivity contribution in [3.05, 3.63) is 75.1 Å². The Morgan fingerprint density at radius 2 is 1.50 bits per heavy atom. The molecule has 0 saturated carbocycles. The number of hydrogen-bond acceptors (Lipinski definition) is 4. The topological polar surface area (TPSA) is 101 Å². The number of nitro groups is 1. The van der Waals surface area contributed by atoms with Gasteiger partial charge < -0.3 is 10.6 Å². The lowest BCUT2D eigenvalue weighted by atomic mass is 10.1. The number of benzene rings is 2. The first-order valence-corrected chi connectivity index (χ1v) is 7.26. The Morgan fingerprint density at radius 1 is 0.923 bits per heavy atom. The maximum atomic E-state index is 13.6. The first kappa shape index (κ1) is 18.9. The fourth-order valence-electron chi connectivity index (χ4n) is 2.03. The van der Waals surface area contributed by atoms with Gasteiger partial charge in [-0.1, -0.05) is 18.2 Å². The molecule has 0 aliphatic rings. The van der Waals surface area contributed by atoms with Crippen molar-refractivity contribution in [2.75, 3.05) is 13.1 Å². The van der Waals surface area contributed by atoms with Gasteiger partial charge in [0, 0.05) is 24.7 Å². The summed E-state index contributed by atoms with van der Waals surface area (Å²) in [4.78, 5) is 33.0. The van der Waals surface area contributed by atoms with Gasteiger partial charge in [0.1, 0.15) is 0 Å². The molecule has 136 valence electrons. The van der Waals surface area contributed by atoms with Gasteiger partial charge in [-0.15, -0.1) is 0 Å². The molecular formula is C16H12F3N3O4. The van der Waals surface area contributed by atoms with Crippen LogP contribution in [0.4, 0.5) is 18.9 Å². The molecule has 0 spiro atoms. The van der Waals surface area contributed by atoms with Crippen LogP contribution in [-0.4, -0.2) is 29.8 Å². The Balaban J connectivity index is 1.98. The molecule has 2 amide bonds. The molecule has 26 heavy (non-hydrogen) atoms. The number of carbonyl (C=O) groups is 2. The van der Waals surface area contributed by atoms with Gasteiger partial charge in [-0.3, -0.25) is 19.7 Å². The summed E-state index contributed by atoms with van der Waals surface area (Å²) in [7, 11) is 0. The van der Waals surface area contributed by atoms with Crippen molar-refractivity contribution in [2.45, 2.75) is 0 Å². The third-order valence-electron chi connectivity index (χ3n) is 3.30. The van der Waals surface area contributed by atoms with E-state index < -0.39 is 45.4 Å². The predicted octanol–water partition coefficient (Wildman–Crippen LogP) is 2.17. The molecule has 0 saturated heterocycles. The van der Waals surface area contributed by atoms with Crippen LogP contribution in [0.1, 0.15) is 20.7 Å². The maximum absolute atomic E-state index is 13.6. The van der Waals surface area contributed by atoms with E-state index in [9.17, 15) is 32.9 Å². The number of hydrogen-bond donors (Lipinski definition) is 2. The van der Waals surface area contributed by atoms with Crippen LogP contribution < -0.4 is 10.6 Å². The summed E-state index contributed by atoms with van der Waals surface area (Å²) in [6.45, 7) is -0.198. The highest BCUT2D eigenvalue weighted by Crippen LogP contribution is 2.25. The minimum absolute atomic E-state index is 0.0349. The van der Waals surface area contributed by atoms with Gasteiger partial charge >= 0.3 is 5.69 Å². The van der Waals surface area contributed by atoms with Crippen LogP contribution in [0.2, 0.25) is 0 Å². The summed E-state index contributed by atoms with van der Waals surface area (Å²) in [6, 6.07) is 8.51. The monoisotopic (exact) mass is 367 g/mol. The van der Waals surface area contributed by atoms with Crippen molar-refractivity contribution in [3.8, 4) is 0 Å². The number of rotatable bonds is 6. The van der Waals surface area contributed by atoms with Gasteiger partial charge in [-0.25, -0.2) is 8.78 Å². The molecule has 2 rings (SSSR count). The quantitative estimate of drug-likeness (QED) is 0.354. The minimum atomic E-state index is -2.11. The van der Waals surface area contributed by atoms with Crippen LogP contribution in [0.5, 0.6) is 0 Å². The zero-order valence-electron chi connectivity index (χ0n) is 13.1. The number of nitrogens with one attached hydrogen (secondary N) is 2. The Morgan fingerprint density at radius 3 is 2.08 bits per heavy atom. The van der Waals surface area contributed by atoms with Crippen molar-refractivity contribution in [1.29, 1.82) is 0 Å². The third kappa shape index (κ3) is 4.15. The molecule has 0 heterocycles. The van der Waals surface area contributed by atoms with E-state index in [1.54, 1.807) is 30.3 Å². The highest BCUT2D eigenvalue weighted by molar-refractivity contribution is 5.95. The molecule has 0 aromatic heterocycles. The minimum Gasteiger partial charge on any atom is -0.350 e. The second-order valence-electron chi connectivity index (χ2n) is 5.02. The molecule has 2 aromatic rings. The van der Waals surface area contributed by atoms with Gasteiger partial charge in [0.05, 0.1) is 10.5 Å². The Kier molecular flexibility index (Phi) is 5.89. The molecule has 0 aliphatic heterocycles. The zero-order valence-corrected chi connectivity index (χ0v) is 13.1. The van der Waals surface area contributed by atoms with Crippen LogP contribution in [0.15, 0.2) is 36.4 Å². The molecule has 0 radical (unpaired) electrons. The number of halogens is 3. The summed E-state index contributed by atoms with van der Waals surface area (Å²) < 4.78 is 40.3. The van der Waals surface area contributed by atoms with Gasteiger partial charge in [0.15, 0.2) is 5.82 Å². The number of nitrogens with zero attached hydrogens (tertiary/aromatic N) is 1. The smallest absolute Gasteiger partial charge is 0.308 e. The maximum Gasteiger partial charge on any atom is 0.308 e. The van der Waals surface area contributed by atoms with Crippen molar-refractivity contribution in [1.82, 2.24) is 10.6 Å². The number of amides is 2. The van der Waals surface area contributed by atoms with Gasteiger partial charge in [0.2, 0.25) is 11.6 Å². The molecular weight excluding hydrogens is 355 g/mol. The lowest BCUT2D eigenvalue weighted by Gasteiger charge is -2.08. The molecule has 2 aromatic carbocycles. The fourth-order valence-corrected chi connectivity index (χ4v) is 2.03. The average Bonchev–Trinajstić information content (AvgIpc) is 2.63. The molecule has 0 fully saturated rings. The highest BCUT2D eigenvalue weighted by atomic mass is 19.2. The first-order valence-electron chi connectivity index (χ1n) is 7.26. The average molecular weight is 367 g/mol. The van der Waals surface area contributed by atoms with E-state index in [1.165, 1.54) is 0 Å². The summed E-state index contributed by atoms with van der Waals surface area (Å²) in [5.74, 6) is -7.52. The molecule has 7 nitrogen and oxygen atoms in total. The third-order valence-corrected chi connectivity index (χ3v) is 3.30. The Hall–Kier alpha value is -3.43. The van der Waals surface area contributed by atoms with E-state index in [0.29, 0.717) is 11.6 Å². The molecule has 0 aliphatic carbocycles. The number of nitro benzene ring substituents is 1. The van der Waals surface area contributed by atoms with Crippen molar-refractivity contribution >= 4 is 17.5 Å². The van der Waals surface area contributed by atoms with Gasteiger partial charge in [-0.05, 0) is 12.1 Å². The van der Waals surface area contributed by atoms with E-state index in [-0.39, 0.29) is 13.1 Å². The molecule has 0 unspecified atom stereocenters. The summed E-state index contributed by atoms with van der Waals surface area (Å²) in [6.07, 6.45) is 0. The van der Waals surface area contributed by atoms with Crippen LogP contribution in [0, 0.1) is 27.6 Å². The van der Waals surface area contributed by atoms with Crippen LogP contribution >= 0.6 is 0 Å². The lowest BCUT2D eigenvalue weighted by molar-refractivity contribution is -0.387. The predicted molar refractivity (Wildman–Crippen MR) is 84.1 cm³/mol. The molecule has 0 bridgehead atoms. The number of carbonyl (C=O) groups excluding carboxylic acids is 2. The van der Waals surface area contributed by atoms with Crippen molar-refractivity contribution in [2.24, 2.45) is 0 Å². The summed E-state index contributed by atoms with van der Waals surface area (Å²) in [5.41, 5.74) is -1.97. The van der Waals surface area contributed by atoms with Crippen molar-refractivity contribution in [3.63, 3.8) is 0 Å².